The van der Waals surface area contributed by atoms with Crippen molar-refractivity contribution in [2.75, 3.05) is 6.54 Å². The Labute approximate surface area is 76.9 Å². The van der Waals surface area contributed by atoms with Crippen LogP contribution in [-0.2, 0) is 13.0 Å². The highest BCUT2D eigenvalue weighted by Gasteiger charge is 2.15. The average molecular weight is 176 g/mol. The number of hydrogen-bond acceptors (Lipinski definition) is 2. The van der Waals surface area contributed by atoms with Gasteiger partial charge in [-0.05, 0) is 23.6 Å². The van der Waals surface area contributed by atoms with E-state index >= 15 is 0 Å². The minimum atomic E-state index is 0.0322. The third-order valence-corrected chi connectivity index (χ3v) is 2.33. The van der Waals surface area contributed by atoms with Crippen molar-refractivity contribution >= 4 is 5.91 Å². The molecule has 2 rings (SSSR count). The van der Waals surface area contributed by atoms with Crippen LogP contribution in [0.3, 0.4) is 0 Å². The number of nitrogens with two attached hydrogens (primary N) is 1. The predicted molar refractivity (Wildman–Crippen MR) is 50.4 cm³/mol. The maximum atomic E-state index is 11.3. The van der Waals surface area contributed by atoms with E-state index in [1.54, 1.807) is 0 Å². The molecule has 0 bridgehead atoms. The number of hydrogen-bond donors (Lipinski definition) is 2. The smallest absolute Gasteiger partial charge is 0.251 e. The molecule has 0 fully saturated rings. The molecule has 13 heavy (non-hydrogen) atoms. The van der Waals surface area contributed by atoms with E-state index in [0.717, 1.165) is 29.7 Å². The number of carbonyl (C=O) groups excluding carboxylic acids is 1. The van der Waals surface area contributed by atoms with Crippen LogP contribution in [-0.4, -0.2) is 12.5 Å². The maximum Gasteiger partial charge on any atom is 0.251 e. The number of carbonyl (C=O) groups is 1. The Morgan fingerprint density at radius 2 is 2.31 bits per heavy atom. The molecule has 1 aliphatic rings. The fourth-order valence-corrected chi connectivity index (χ4v) is 1.61. The fraction of sp³-hybridized carbons (Fsp3) is 0.300. The number of benzene rings is 1. The third-order valence-electron chi connectivity index (χ3n) is 2.33. The van der Waals surface area contributed by atoms with E-state index < -0.39 is 0 Å². The van der Waals surface area contributed by atoms with Crippen molar-refractivity contribution in [2.45, 2.75) is 13.0 Å². The van der Waals surface area contributed by atoms with Gasteiger partial charge in [0.2, 0.25) is 0 Å². The highest BCUT2D eigenvalue weighted by atomic mass is 16.1. The van der Waals surface area contributed by atoms with Crippen molar-refractivity contribution in [1.82, 2.24) is 5.32 Å². The van der Waals surface area contributed by atoms with Crippen LogP contribution in [0.5, 0.6) is 0 Å². The van der Waals surface area contributed by atoms with Gasteiger partial charge in [0.15, 0.2) is 0 Å². The lowest BCUT2D eigenvalue weighted by atomic mass is 9.98. The molecular weight excluding hydrogens is 164 g/mol. The van der Waals surface area contributed by atoms with Gasteiger partial charge in [-0.3, -0.25) is 4.79 Å². The van der Waals surface area contributed by atoms with Crippen molar-refractivity contribution in [3.05, 3.63) is 34.9 Å². The highest BCUT2D eigenvalue weighted by Crippen LogP contribution is 2.15. The van der Waals surface area contributed by atoms with Gasteiger partial charge in [-0.15, -0.1) is 0 Å². The van der Waals surface area contributed by atoms with Gasteiger partial charge >= 0.3 is 0 Å². The molecule has 0 radical (unpaired) electrons. The molecule has 0 saturated carbocycles. The van der Waals surface area contributed by atoms with E-state index in [0.29, 0.717) is 6.54 Å². The Morgan fingerprint density at radius 3 is 3.08 bits per heavy atom. The number of rotatable bonds is 1. The second kappa shape index (κ2) is 3.18. The molecule has 0 unspecified atom stereocenters. The Balaban J connectivity index is 2.45. The molecule has 0 atom stereocenters. The average Bonchev–Trinajstić information content (AvgIpc) is 2.18. The Bertz CT molecular complexity index is 347. The summed E-state index contributed by atoms with van der Waals surface area (Å²) in [6, 6.07) is 5.78. The van der Waals surface area contributed by atoms with E-state index in [4.69, 9.17) is 5.73 Å². The molecule has 0 spiro atoms. The van der Waals surface area contributed by atoms with Crippen LogP contribution in [0.4, 0.5) is 0 Å². The molecule has 0 aromatic heterocycles. The third kappa shape index (κ3) is 1.42. The second-order valence-electron chi connectivity index (χ2n) is 3.20. The maximum absolute atomic E-state index is 11.3. The molecule has 0 saturated heterocycles. The largest absolute Gasteiger partial charge is 0.352 e. The molecule has 1 amide bonds. The lowest BCUT2D eigenvalue weighted by molar-refractivity contribution is 0.0946. The summed E-state index contributed by atoms with van der Waals surface area (Å²) < 4.78 is 0. The van der Waals surface area contributed by atoms with Crippen LogP contribution in [0.2, 0.25) is 0 Å². The van der Waals surface area contributed by atoms with E-state index in [1.165, 1.54) is 0 Å². The normalized spacial score (nSPS) is 15.0. The number of nitrogens with one attached hydrogen (secondary N) is 1. The summed E-state index contributed by atoms with van der Waals surface area (Å²) >= 11 is 0. The fourth-order valence-electron chi connectivity index (χ4n) is 1.61. The number of amides is 1. The zero-order valence-electron chi connectivity index (χ0n) is 7.34. The topological polar surface area (TPSA) is 55.1 Å². The van der Waals surface area contributed by atoms with Crippen molar-refractivity contribution in [3.63, 3.8) is 0 Å². The molecule has 1 heterocycles. The number of fused-ring (bicyclic) bond motifs is 1. The van der Waals surface area contributed by atoms with Crippen molar-refractivity contribution in [2.24, 2.45) is 5.73 Å². The summed E-state index contributed by atoms with van der Waals surface area (Å²) in [7, 11) is 0. The highest BCUT2D eigenvalue weighted by molar-refractivity contribution is 5.96. The van der Waals surface area contributed by atoms with Gasteiger partial charge in [-0.1, -0.05) is 12.1 Å². The van der Waals surface area contributed by atoms with Crippen molar-refractivity contribution in [1.29, 1.82) is 0 Å². The molecule has 3 N–H and O–H groups in total. The minimum Gasteiger partial charge on any atom is -0.352 e. The molecule has 3 heteroatoms. The second-order valence-corrected chi connectivity index (χ2v) is 3.20. The molecular formula is C10H12N2O. The lowest BCUT2D eigenvalue weighted by Crippen LogP contribution is -2.31. The Hall–Kier alpha value is -1.35. The van der Waals surface area contributed by atoms with Gasteiger partial charge in [0.25, 0.3) is 5.91 Å². The first-order valence-electron chi connectivity index (χ1n) is 4.41. The first-order chi connectivity index (χ1) is 6.31. The molecule has 68 valence electrons. The molecule has 0 aliphatic carbocycles. The monoisotopic (exact) mass is 176 g/mol. The van der Waals surface area contributed by atoms with Crippen molar-refractivity contribution in [3.8, 4) is 0 Å². The summed E-state index contributed by atoms with van der Waals surface area (Å²) in [5.41, 5.74) is 8.52. The van der Waals surface area contributed by atoms with Gasteiger partial charge in [0.05, 0.1) is 0 Å². The van der Waals surface area contributed by atoms with Gasteiger partial charge in [-0.25, -0.2) is 0 Å². The summed E-state index contributed by atoms with van der Waals surface area (Å²) in [6.07, 6.45) is 0.912. The summed E-state index contributed by atoms with van der Waals surface area (Å²) in [6.45, 7) is 1.27. The summed E-state index contributed by atoms with van der Waals surface area (Å²) in [5, 5.41) is 2.81. The van der Waals surface area contributed by atoms with E-state index in [9.17, 15) is 4.79 Å². The van der Waals surface area contributed by atoms with Crippen LogP contribution in [0.25, 0.3) is 0 Å². The lowest BCUT2D eigenvalue weighted by Gasteiger charge is -2.16. The van der Waals surface area contributed by atoms with Crippen LogP contribution >= 0.6 is 0 Å². The first-order valence-corrected chi connectivity index (χ1v) is 4.41. The van der Waals surface area contributed by atoms with Crippen LogP contribution in [0.1, 0.15) is 21.5 Å². The van der Waals surface area contributed by atoms with Crippen LogP contribution in [0.15, 0.2) is 18.2 Å². The Kier molecular flexibility index (Phi) is 2.02. The predicted octanol–water partition coefficient (Wildman–Crippen LogP) is 0.431. The SMILES string of the molecule is NCc1ccc2c(c1)CCNC2=O. The molecule has 3 nitrogen and oxygen atoms in total. The first kappa shape index (κ1) is 8.26. The van der Waals surface area contributed by atoms with Crippen LogP contribution < -0.4 is 11.1 Å². The van der Waals surface area contributed by atoms with E-state index in [-0.39, 0.29) is 5.91 Å². The minimum absolute atomic E-state index is 0.0322. The van der Waals surface area contributed by atoms with Crippen LogP contribution in [0, 0.1) is 0 Å². The molecule has 1 aromatic rings. The molecule has 1 aliphatic heterocycles. The van der Waals surface area contributed by atoms with E-state index in [2.05, 4.69) is 5.32 Å². The summed E-state index contributed by atoms with van der Waals surface area (Å²) in [4.78, 5) is 11.3. The molecule has 1 aromatic carbocycles. The van der Waals surface area contributed by atoms with Gasteiger partial charge in [0.1, 0.15) is 0 Å². The summed E-state index contributed by atoms with van der Waals surface area (Å²) in [5.74, 6) is 0.0322. The Morgan fingerprint density at radius 1 is 1.46 bits per heavy atom. The van der Waals surface area contributed by atoms with Gasteiger partial charge in [0, 0.05) is 18.7 Å². The van der Waals surface area contributed by atoms with E-state index in [1.807, 2.05) is 18.2 Å². The standard InChI is InChI=1S/C10H12N2O/c11-6-7-1-2-9-8(5-7)3-4-12-10(9)13/h1-2,5H,3-4,6,11H2,(H,12,13). The van der Waals surface area contributed by atoms with Gasteiger partial charge in [-0.2, -0.15) is 0 Å². The zero-order chi connectivity index (χ0) is 9.26. The van der Waals surface area contributed by atoms with Gasteiger partial charge < -0.3 is 11.1 Å². The zero-order valence-corrected chi connectivity index (χ0v) is 7.34. The quantitative estimate of drug-likeness (QED) is 0.652. The van der Waals surface area contributed by atoms with Crippen molar-refractivity contribution < 1.29 is 4.79 Å².